The summed E-state index contributed by atoms with van der Waals surface area (Å²) < 4.78 is 32.1. The van der Waals surface area contributed by atoms with Crippen LogP contribution in [0.1, 0.15) is 110 Å². The highest BCUT2D eigenvalue weighted by Crippen LogP contribution is 2.39. The zero-order valence-electron chi connectivity index (χ0n) is 17.0. The average Bonchev–Trinajstić information content (AvgIpc) is 2.67. The van der Waals surface area contributed by atoms with Crippen LogP contribution in [0.15, 0.2) is 0 Å². The van der Waals surface area contributed by atoms with E-state index in [1.165, 1.54) is 12.8 Å². The molecule has 0 spiro atoms. The highest BCUT2D eigenvalue weighted by atomic mass is 32.3. The minimum atomic E-state index is -4.57. The summed E-state index contributed by atoms with van der Waals surface area (Å²) in [5.74, 6) is -1.71. The third kappa shape index (κ3) is 9.08. The molecule has 1 fully saturated rings. The number of carbonyl (C=O) groups is 2. The van der Waals surface area contributed by atoms with Crippen LogP contribution in [-0.2, 0) is 28.4 Å². The van der Waals surface area contributed by atoms with Gasteiger partial charge < -0.3 is 8.37 Å². The second-order valence-corrected chi connectivity index (χ2v) is 8.88. The van der Waals surface area contributed by atoms with Gasteiger partial charge in [-0.1, -0.05) is 90.9 Å². The summed E-state index contributed by atoms with van der Waals surface area (Å²) in [5.41, 5.74) is -1.07. The van der Waals surface area contributed by atoms with Gasteiger partial charge in [0.15, 0.2) is 0 Å². The highest BCUT2D eigenvalue weighted by Gasteiger charge is 2.47. The van der Waals surface area contributed by atoms with Gasteiger partial charge in [-0.25, -0.2) is 0 Å². The third-order valence-corrected chi connectivity index (χ3v) is 6.05. The van der Waals surface area contributed by atoms with E-state index in [0.29, 0.717) is 12.8 Å². The van der Waals surface area contributed by atoms with Crippen LogP contribution in [0.3, 0.4) is 0 Å². The van der Waals surface area contributed by atoms with Gasteiger partial charge in [-0.05, 0) is 12.8 Å². The van der Waals surface area contributed by atoms with Crippen molar-refractivity contribution in [1.82, 2.24) is 0 Å². The lowest BCUT2D eigenvalue weighted by Crippen LogP contribution is -2.33. The van der Waals surface area contributed by atoms with Crippen molar-refractivity contribution in [3.05, 3.63) is 0 Å². The molecular formula is C20H36O6S. The molecule has 158 valence electrons. The van der Waals surface area contributed by atoms with Crippen molar-refractivity contribution in [2.24, 2.45) is 5.41 Å². The molecule has 0 aromatic heterocycles. The summed E-state index contributed by atoms with van der Waals surface area (Å²) in [6, 6.07) is 0. The maximum atomic E-state index is 12.6. The zero-order chi connectivity index (χ0) is 20.2. The Labute approximate surface area is 164 Å². The first-order chi connectivity index (χ1) is 12.9. The molecule has 0 aromatic carbocycles. The van der Waals surface area contributed by atoms with Gasteiger partial charge in [0.05, 0.1) is 11.8 Å². The number of hydrogen-bond donors (Lipinski definition) is 0. The second-order valence-electron chi connectivity index (χ2n) is 7.73. The van der Waals surface area contributed by atoms with Crippen molar-refractivity contribution in [3.8, 4) is 0 Å². The van der Waals surface area contributed by atoms with Gasteiger partial charge in [-0.2, -0.15) is 0 Å². The number of unbranched alkanes of at least 4 members (excludes halogenated alkanes) is 10. The van der Waals surface area contributed by atoms with Crippen LogP contribution in [0.25, 0.3) is 0 Å². The van der Waals surface area contributed by atoms with Crippen molar-refractivity contribution >= 4 is 22.3 Å². The van der Waals surface area contributed by atoms with Crippen LogP contribution in [0.5, 0.6) is 0 Å². The monoisotopic (exact) mass is 404 g/mol. The van der Waals surface area contributed by atoms with Gasteiger partial charge in [-0.15, -0.1) is 8.42 Å². The Bertz CT molecular complexity index is 539. The van der Waals surface area contributed by atoms with Crippen LogP contribution in [0.4, 0.5) is 0 Å². The van der Waals surface area contributed by atoms with Gasteiger partial charge in [0.1, 0.15) is 0 Å². The highest BCUT2D eigenvalue weighted by molar-refractivity contribution is 7.82. The molecule has 0 bridgehead atoms. The summed E-state index contributed by atoms with van der Waals surface area (Å²) in [6.45, 7) is 4.31. The van der Waals surface area contributed by atoms with E-state index in [0.717, 1.165) is 64.2 Å². The van der Waals surface area contributed by atoms with Crippen molar-refractivity contribution in [2.75, 3.05) is 0 Å². The molecule has 0 N–H and O–H groups in total. The largest absolute Gasteiger partial charge is 0.506 e. The van der Waals surface area contributed by atoms with E-state index in [1.54, 1.807) is 0 Å². The van der Waals surface area contributed by atoms with Crippen molar-refractivity contribution in [2.45, 2.75) is 110 Å². The standard InChI is InChI=1S/C20H36O6S/c1-3-5-7-9-11-13-15-20(16-14-12-10-8-6-4-2)17-18(21)25-27(23,24)26-19(20)22/h3-17H2,1-2H3. The fourth-order valence-electron chi connectivity index (χ4n) is 3.68. The van der Waals surface area contributed by atoms with E-state index < -0.39 is 27.8 Å². The van der Waals surface area contributed by atoms with Crippen LogP contribution < -0.4 is 0 Å². The number of rotatable bonds is 14. The van der Waals surface area contributed by atoms with Gasteiger partial charge in [0, 0.05) is 0 Å². The number of hydrogen-bond acceptors (Lipinski definition) is 6. The van der Waals surface area contributed by atoms with E-state index in [2.05, 4.69) is 22.2 Å². The SMILES string of the molecule is CCCCCCCCC1(CCCCCCCC)CC(=O)OS(=O)(=O)OC1=O. The van der Waals surface area contributed by atoms with Crippen LogP contribution >= 0.6 is 0 Å². The first-order valence-electron chi connectivity index (χ1n) is 10.6. The van der Waals surface area contributed by atoms with E-state index in [1.807, 2.05) is 0 Å². The van der Waals surface area contributed by atoms with Gasteiger partial charge in [0.25, 0.3) is 0 Å². The van der Waals surface area contributed by atoms with Gasteiger partial charge in [-0.3, -0.25) is 9.59 Å². The third-order valence-electron chi connectivity index (χ3n) is 5.31. The minimum absolute atomic E-state index is 0.213. The second kappa shape index (κ2) is 12.4. The predicted octanol–water partition coefficient (Wildman–Crippen LogP) is 5.21. The summed E-state index contributed by atoms with van der Waals surface area (Å²) in [7, 11) is -4.57. The molecule has 1 saturated heterocycles. The summed E-state index contributed by atoms with van der Waals surface area (Å²) >= 11 is 0. The first-order valence-corrected chi connectivity index (χ1v) is 11.9. The molecule has 0 atom stereocenters. The Balaban J connectivity index is 2.69. The quantitative estimate of drug-likeness (QED) is 0.369. The minimum Gasteiger partial charge on any atom is -0.316 e. The molecule has 0 aliphatic carbocycles. The Morgan fingerprint density at radius 3 is 1.67 bits per heavy atom. The van der Waals surface area contributed by atoms with E-state index >= 15 is 0 Å². The molecule has 6 nitrogen and oxygen atoms in total. The summed E-state index contributed by atoms with van der Waals surface area (Å²) in [6.07, 6.45) is 13.4. The Kier molecular flexibility index (Phi) is 11.0. The molecule has 27 heavy (non-hydrogen) atoms. The summed E-state index contributed by atoms with van der Waals surface area (Å²) in [4.78, 5) is 24.6. The van der Waals surface area contributed by atoms with Crippen LogP contribution in [-0.4, -0.2) is 20.4 Å². The molecule has 0 amide bonds. The molecule has 0 radical (unpaired) electrons. The topological polar surface area (TPSA) is 86.7 Å². The molecule has 0 aromatic rings. The van der Waals surface area contributed by atoms with Crippen molar-refractivity contribution in [3.63, 3.8) is 0 Å². The van der Waals surface area contributed by atoms with Gasteiger partial charge in [0.2, 0.25) is 0 Å². The van der Waals surface area contributed by atoms with Crippen molar-refractivity contribution in [1.29, 1.82) is 0 Å². The Morgan fingerprint density at radius 1 is 0.741 bits per heavy atom. The van der Waals surface area contributed by atoms with E-state index in [-0.39, 0.29) is 6.42 Å². The van der Waals surface area contributed by atoms with E-state index in [4.69, 9.17) is 0 Å². The molecule has 7 heteroatoms. The molecule has 1 aliphatic heterocycles. The molecule has 1 heterocycles. The molecular weight excluding hydrogens is 368 g/mol. The fourth-order valence-corrected chi connectivity index (χ4v) is 4.37. The predicted molar refractivity (Wildman–Crippen MR) is 104 cm³/mol. The maximum absolute atomic E-state index is 12.6. The molecule has 0 saturated carbocycles. The zero-order valence-corrected chi connectivity index (χ0v) is 17.8. The van der Waals surface area contributed by atoms with Crippen molar-refractivity contribution < 1.29 is 26.4 Å². The number of carbonyl (C=O) groups excluding carboxylic acids is 2. The Hall–Kier alpha value is -1.11. The normalized spacial score (nSPS) is 18.6. The van der Waals surface area contributed by atoms with Crippen LogP contribution in [0, 0.1) is 5.41 Å². The van der Waals surface area contributed by atoms with E-state index in [9.17, 15) is 18.0 Å². The molecule has 1 aliphatic rings. The first kappa shape index (κ1) is 23.9. The lowest BCUT2D eigenvalue weighted by molar-refractivity contribution is -0.149. The maximum Gasteiger partial charge on any atom is 0.506 e. The lowest BCUT2D eigenvalue weighted by atomic mass is 9.75. The summed E-state index contributed by atoms with van der Waals surface area (Å²) in [5, 5.41) is 0. The average molecular weight is 405 g/mol. The fraction of sp³-hybridized carbons (Fsp3) is 0.900. The molecule has 1 rings (SSSR count). The lowest BCUT2D eigenvalue weighted by Gasteiger charge is -2.27. The van der Waals surface area contributed by atoms with Gasteiger partial charge >= 0.3 is 22.3 Å². The Morgan fingerprint density at radius 2 is 1.19 bits per heavy atom. The smallest absolute Gasteiger partial charge is 0.316 e. The molecule has 0 unspecified atom stereocenters. The van der Waals surface area contributed by atoms with Crippen LogP contribution in [0.2, 0.25) is 0 Å².